The van der Waals surface area contributed by atoms with Crippen molar-refractivity contribution in [3.63, 3.8) is 0 Å². The van der Waals surface area contributed by atoms with E-state index in [4.69, 9.17) is 0 Å². The second-order valence-electron chi connectivity index (χ2n) is 3.99. The third-order valence-corrected chi connectivity index (χ3v) is 2.79. The molecule has 0 spiro atoms. The molecule has 3 aromatic rings. The Balaban J connectivity index is 1.81. The summed E-state index contributed by atoms with van der Waals surface area (Å²) in [4.78, 5) is 10.5. The number of hydrogen-bond acceptors (Lipinski definition) is 1. The van der Waals surface area contributed by atoms with Crippen LogP contribution in [0.5, 0.6) is 0 Å². The van der Waals surface area contributed by atoms with Gasteiger partial charge in [-0.2, -0.15) is 0 Å². The molecule has 0 saturated heterocycles. The highest BCUT2D eigenvalue weighted by Gasteiger charge is 2.00. The molecule has 0 saturated carbocycles. The van der Waals surface area contributed by atoms with Crippen LogP contribution in [-0.2, 0) is 6.42 Å². The minimum Gasteiger partial charge on any atom is -0.361 e. The van der Waals surface area contributed by atoms with E-state index in [9.17, 15) is 0 Å². The Morgan fingerprint density at radius 1 is 0.941 bits per heavy atom. The molecular formula is C14H13N3. The predicted molar refractivity (Wildman–Crippen MR) is 67.6 cm³/mol. The number of aromatic amines is 2. The van der Waals surface area contributed by atoms with Gasteiger partial charge in [0.25, 0.3) is 0 Å². The molecule has 1 aromatic carbocycles. The maximum atomic E-state index is 4.22. The highest BCUT2D eigenvalue weighted by atomic mass is 14.9. The van der Waals surface area contributed by atoms with Gasteiger partial charge in [0.2, 0.25) is 0 Å². The summed E-state index contributed by atoms with van der Waals surface area (Å²) in [7, 11) is 0. The Hall–Kier alpha value is -2.29. The van der Waals surface area contributed by atoms with Crippen LogP contribution in [0.25, 0.3) is 11.3 Å². The Bertz CT molecular complexity index is 562. The number of hydrogen-bond donors (Lipinski definition) is 2. The molecule has 0 amide bonds. The van der Waals surface area contributed by atoms with Crippen LogP contribution in [0.3, 0.4) is 0 Å². The van der Waals surface area contributed by atoms with E-state index in [1.807, 2.05) is 18.5 Å². The molecule has 2 N–H and O–H groups in total. The lowest BCUT2D eigenvalue weighted by molar-refractivity contribution is 1.03. The normalized spacial score (nSPS) is 10.6. The monoisotopic (exact) mass is 223 g/mol. The fraction of sp³-hybridized carbons (Fsp3) is 0.0714. The first kappa shape index (κ1) is 9.90. The van der Waals surface area contributed by atoms with E-state index in [0.717, 1.165) is 17.9 Å². The van der Waals surface area contributed by atoms with Crippen LogP contribution in [0.4, 0.5) is 0 Å². The number of benzene rings is 1. The fourth-order valence-electron chi connectivity index (χ4n) is 1.90. The number of rotatable bonds is 3. The second-order valence-corrected chi connectivity index (χ2v) is 3.99. The van der Waals surface area contributed by atoms with Gasteiger partial charge in [0.15, 0.2) is 0 Å². The quantitative estimate of drug-likeness (QED) is 0.704. The Labute approximate surface area is 99.5 Å². The van der Waals surface area contributed by atoms with Gasteiger partial charge in [-0.25, -0.2) is 4.98 Å². The standard InChI is InChI=1S/C14H13N3/c1-2-13(15-7-1)12-5-3-11(4-6-12)10-14-16-8-9-17-14/h1-9,15H,10H2,(H,16,17). The molecule has 0 aliphatic carbocycles. The Kier molecular flexibility index (Phi) is 2.50. The zero-order valence-corrected chi connectivity index (χ0v) is 9.35. The van der Waals surface area contributed by atoms with E-state index in [1.54, 1.807) is 6.20 Å². The number of nitrogens with one attached hydrogen (secondary N) is 2. The SMILES string of the molecule is c1c[nH]c(-c2ccc(Cc3ncc[nH]3)cc2)c1. The molecule has 0 fully saturated rings. The van der Waals surface area contributed by atoms with Crippen molar-refractivity contribution >= 4 is 0 Å². The molecule has 2 heterocycles. The molecule has 0 atom stereocenters. The van der Waals surface area contributed by atoms with Crippen LogP contribution < -0.4 is 0 Å². The molecule has 0 aliphatic rings. The molecule has 17 heavy (non-hydrogen) atoms. The van der Waals surface area contributed by atoms with Gasteiger partial charge in [-0.15, -0.1) is 0 Å². The van der Waals surface area contributed by atoms with Gasteiger partial charge in [-0.05, 0) is 23.3 Å². The third kappa shape index (κ3) is 2.13. The predicted octanol–water partition coefficient (Wildman–Crippen LogP) is 3.00. The highest BCUT2D eigenvalue weighted by Crippen LogP contribution is 2.18. The summed E-state index contributed by atoms with van der Waals surface area (Å²) in [5.74, 6) is 0.998. The topological polar surface area (TPSA) is 44.5 Å². The maximum Gasteiger partial charge on any atom is 0.110 e. The van der Waals surface area contributed by atoms with E-state index < -0.39 is 0 Å². The van der Waals surface area contributed by atoms with E-state index >= 15 is 0 Å². The summed E-state index contributed by atoms with van der Waals surface area (Å²) >= 11 is 0. The molecule has 2 aromatic heterocycles. The van der Waals surface area contributed by atoms with Crippen molar-refractivity contribution in [1.82, 2.24) is 15.0 Å². The highest BCUT2D eigenvalue weighted by molar-refractivity contribution is 5.59. The zero-order valence-electron chi connectivity index (χ0n) is 9.35. The van der Waals surface area contributed by atoms with Crippen molar-refractivity contribution in [1.29, 1.82) is 0 Å². The molecule has 3 heteroatoms. The summed E-state index contributed by atoms with van der Waals surface area (Å²) < 4.78 is 0. The van der Waals surface area contributed by atoms with Crippen molar-refractivity contribution < 1.29 is 0 Å². The van der Waals surface area contributed by atoms with Crippen LogP contribution >= 0.6 is 0 Å². The summed E-state index contributed by atoms with van der Waals surface area (Å²) in [5.41, 5.74) is 3.61. The van der Waals surface area contributed by atoms with Crippen LogP contribution in [0.2, 0.25) is 0 Å². The molecular weight excluding hydrogens is 210 g/mol. The molecule has 0 unspecified atom stereocenters. The first-order valence-corrected chi connectivity index (χ1v) is 5.63. The molecule has 3 rings (SSSR count). The lowest BCUT2D eigenvalue weighted by Gasteiger charge is -2.01. The molecule has 84 valence electrons. The molecule has 0 aliphatic heterocycles. The van der Waals surface area contributed by atoms with Gasteiger partial charge in [-0.3, -0.25) is 0 Å². The Morgan fingerprint density at radius 3 is 2.47 bits per heavy atom. The largest absolute Gasteiger partial charge is 0.361 e. The third-order valence-electron chi connectivity index (χ3n) is 2.79. The summed E-state index contributed by atoms with van der Waals surface area (Å²) in [6.07, 6.45) is 6.41. The average molecular weight is 223 g/mol. The summed E-state index contributed by atoms with van der Waals surface area (Å²) in [5, 5.41) is 0. The van der Waals surface area contributed by atoms with E-state index in [0.29, 0.717) is 0 Å². The average Bonchev–Trinajstić information content (AvgIpc) is 3.01. The minimum absolute atomic E-state index is 0.845. The smallest absolute Gasteiger partial charge is 0.110 e. The van der Waals surface area contributed by atoms with E-state index in [2.05, 4.69) is 45.3 Å². The van der Waals surface area contributed by atoms with E-state index in [1.165, 1.54) is 11.1 Å². The van der Waals surface area contributed by atoms with Gasteiger partial charge in [0, 0.05) is 30.7 Å². The van der Waals surface area contributed by atoms with Crippen molar-refractivity contribution in [3.05, 3.63) is 66.4 Å². The van der Waals surface area contributed by atoms with Crippen molar-refractivity contribution in [3.8, 4) is 11.3 Å². The fourth-order valence-corrected chi connectivity index (χ4v) is 1.90. The van der Waals surface area contributed by atoms with Crippen molar-refractivity contribution in [2.24, 2.45) is 0 Å². The lowest BCUT2D eigenvalue weighted by atomic mass is 10.1. The van der Waals surface area contributed by atoms with Crippen LogP contribution in [-0.4, -0.2) is 15.0 Å². The number of imidazole rings is 1. The molecule has 3 nitrogen and oxygen atoms in total. The van der Waals surface area contributed by atoms with Gasteiger partial charge in [-0.1, -0.05) is 24.3 Å². The van der Waals surface area contributed by atoms with E-state index in [-0.39, 0.29) is 0 Å². The van der Waals surface area contributed by atoms with Gasteiger partial charge in [0.1, 0.15) is 5.82 Å². The van der Waals surface area contributed by atoms with Crippen LogP contribution in [0.15, 0.2) is 55.0 Å². The maximum absolute atomic E-state index is 4.22. The van der Waals surface area contributed by atoms with Gasteiger partial charge < -0.3 is 9.97 Å². The number of nitrogens with zero attached hydrogens (tertiary/aromatic N) is 1. The number of H-pyrrole nitrogens is 2. The molecule has 0 bridgehead atoms. The Morgan fingerprint density at radius 2 is 1.82 bits per heavy atom. The van der Waals surface area contributed by atoms with Gasteiger partial charge in [0.05, 0.1) is 0 Å². The van der Waals surface area contributed by atoms with Crippen LogP contribution in [0, 0.1) is 0 Å². The minimum atomic E-state index is 0.845. The van der Waals surface area contributed by atoms with Crippen LogP contribution in [0.1, 0.15) is 11.4 Å². The van der Waals surface area contributed by atoms with Gasteiger partial charge >= 0.3 is 0 Å². The zero-order chi connectivity index (χ0) is 11.5. The van der Waals surface area contributed by atoms with Crippen molar-refractivity contribution in [2.75, 3.05) is 0 Å². The second kappa shape index (κ2) is 4.29. The summed E-state index contributed by atoms with van der Waals surface area (Å²) in [6, 6.07) is 12.6. The lowest BCUT2D eigenvalue weighted by Crippen LogP contribution is -1.90. The first-order valence-electron chi connectivity index (χ1n) is 5.63. The first-order chi connectivity index (χ1) is 8.42. The number of aromatic nitrogens is 3. The molecule has 0 radical (unpaired) electrons. The van der Waals surface area contributed by atoms with Crippen molar-refractivity contribution in [2.45, 2.75) is 6.42 Å². The summed E-state index contributed by atoms with van der Waals surface area (Å²) in [6.45, 7) is 0.